The zero-order chi connectivity index (χ0) is 80.3. The van der Waals surface area contributed by atoms with E-state index in [9.17, 15) is 8.78 Å². The summed E-state index contributed by atoms with van der Waals surface area (Å²) < 4.78 is 156. The number of rotatable bonds is 8. The Morgan fingerprint density at radius 3 is 1.45 bits per heavy atom. The van der Waals surface area contributed by atoms with E-state index in [4.69, 9.17) is 36.1 Å². The van der Waals surface area contributed by atoms with E-state index in [0.29, 0.717) is 39.3 Å². The molecule has 0 spiro atoms. The molecule has 15 aromatic rings. The molecule has 9 heterocycles. The number of nitrogens with zero attached hydrogens (tertiary/aromatic N) is 6. The van der Waals surface area contributed by atoms with E-state index in [-0.39, 0.29) is 34.4 Å². The van der Waals surface area contributed by atoms with Gasteiger partial charge in [0.05, 0.1) is 22.3 Å². The second-order valence-electron chi connectivity index (χ2n) is 26.9. The van der Waals surface area contributed by atoms with Gasteiger partial charge in [-0.1, -0.05) is 153 Å². The van der Waals surface area contributed by atoms with Gasteiger partial charge < -0.3 is 13.3 Å². The minimum absolute atomic E-state index is 0.0727. The van der Waals surface area contributed by atoms with E-state index < -0.39 is 44.1 Å². The van der Waals surface area contributed by atoms with Crippen LogP contribution in [0.15, 0.2) is 214 Å². The summed E-state index contributed by atoms with van der Waals surface area (Å²) in [5.74, 6) is -0.673. The molecule has 0 unspecified atom stereocenters. The Kier molecular flexibility index (Phi) is 13.6. The van der Waals surface area contributed by atoms with Crippen LogP contribution in [0.4, 0.5) is 8.78 Å². The summed E-state index contributed by atoms with van der Waals surface area (Å²) in [6, 6.07) is 56.4. The van der Waals surface area contributed by atoms with Gasteiger partial charge >= 0.3 is 0 Å². The average Bonchev–Trinajstić information content (AvgIpc) is 1.51. The van der Waals surface area contributed by atoms with E-state index in [1.54, 1.807) is 36.4 Å². The van der Waals surface area contributed by atoms with Gasteiger partial charge in [0.2, 0.25) is 34.2 Å². The van der Waals surface area contributed by atoms with Crippen molar-refractivity contribution in [1.29, 1.82) is 0 Å². The Labute approximate surface area is 596 Å². The smallest absolute Gasteiger partial charge is 0.227 e. The second kappa shape index (κ2) is 26.0. The monoisotopic (exact) mass is 1320 g/mol. The van der Waals surface area contributed by atoms with Gasteiger partial charge in [-0.05, 0) is 163 Å². The molecule has 0 N–H and O–H groups in total. The molecule has 0 radical (unpaired) electrons. The Bertz CT molecular complexity index is 6120. The Morgan fingerprint density at radius 2 is 0.929 bits per heavy atom. The fraction of sp³-hybridized carbons (Fsp3) is 0.250. The third-order valence-electron chi connectivity index (χ3n) is 19.3. The Balaban J connectivity index is 0.000000140. The van der Waals surface area contributed by atoms with Crippen molar-refractivity contribution in [2.24, 2.45) is 21.1 Å². The summed E-state index contributed by atoms with van der Waals surface area (Å²) in [4.78, 5) is 13.6. The van der Waals surface area contributed by atoms with Crippen LogP contribution in [0.3, 0.4) is 0 Å². The van der Waals surface area contributed by atoms with Crippen LogP contribution >= 0.6 is 0 Å². The fourth-order valence-corrected chi connectivity index (χ4v) is 13.9. The van der Waals surface area contributed by atoms with Crippen LogP contribution in [-0.2, 0) is 32.0 Å². The Morgan fingerprint density at radius 1 is 0.465 bits per heavy atom. The highest BCUT2D eigenvalue weighted by Crippen LogP contribution is 2.44. The molecule has 9 aromatic heterocycles. The summed E-state index contributed by atoms with van der Waals surface area (Å²) in [7, 11) is 5.93. The summed E-state index contributed by atoms with van der Waals surface area (Å²) in [6.07, 6.45) is 11.3. The van der Waals surface area contributed by atoms with E-state index in [1.165, 1.54) is 92.6 Å². The summed E-state index contributed by atoms with van der Waals surface area (Å²) in [5, 5.41) is 4.91. The van der Waals surface area contributed by atoms with Crippen LogP contribution in [0, 0.1) is 32.4 Å². The van der Waals surface area contributed by atoms with Crippen molar-refractivity contribution in [2.45, 2.75) is 124 Å². The maximum absolute atomic E-state index is 13.5. The van der Waals surface area contributed by atoms with E-state index in [2.05, 4.69) is 83.2 Å². The number of hydrogen-bond donors (Lipinski definition) is 0. The molecule has 496 valence electrons. The molecule has 1 aliphatic rings. The van der Waals surface area contributed by atoms with Crippen molar-refractivity contribution < 1.29 is 53.6 Å². The molecule has 6 aromatic carbocycles. The lowest BCUT2D eigenvalue weighted by Gasteiger charge is -2.16. The molecule has 9 nitrogen and oxygen atoms in total. The minimum atomic E-state index is -2.82. The fourth-order valence-electron chi connectivity index (χ4n) is 13.9. The maximum atomic E-state index is 13.5. The first-order valence-electron chi connectivity index (χ1n) is 39.9. The predicted molar refractivity (Wildman–Crippen MR) is 398 cm³/mol. The van der Waals surface area contributed by atoms with Gasteiger partial charge in [0.1, 0.15) is 32.8 Å². The maximum Gasteiger partial charge on any atom is 0.227 e. The summed E-state index contributed by atoms with van der Waals surface area (Å²) >= 11 is 0. The van der Waals surface area contributed by atoms with Crippen LogP contribution < -0.4 is 13.7 Å². The molecule has 0 aliphatic heterocycles. The van der Waals surface area contributed by atoms with Crippen LogP contribution in [0.5, 0.6) is 0 Å². The molecule has 1 fully saturated rings. The molecule has 11 heteroatoms. The highest BCUT2D eigenvalue weighted by molar-refractivity contribution is 6.11. The van der Waals surface area contributed by atoms with Gasteiger partial charge in [-0.15, -0.1) is 0 Å². The van der Waals surface area contributed by atoms with E-state index >= 15 is 0 Å². The normalized spacial score (nSPS) is 15.5. The van der Waals surface area contributed by atoms with E-state index in [1.807, 2.05) is 124 Å². The number of hydrogen-bond acceptors (Lipinski definition) is 6. The third-order valence-corrected chi connectivity index (χ3v) is 19.3. The number of halogens is 2. The lowest BCUT2D eigenvalue weighted by molar-refractivity contribution is -0.660. The first-order chi connectivity index (χ1) is 52.7. The molecule has 99 heavy (non-hydrogen) atoms. The van der Waals surface area contributed by atoms with Crippen LogP contribution in [0.25, 0.3) is 133 Å². The molecular formula is C88H85F2N6O3+3. The second-order valence-corrected chi connectivity index (χ2v) is 26.9. The quantitative estimate of drug-likeness (QED) is 0.141. The van der Waals surface area contributed by atoms with Gasteiger partial charge in [-0.25, -0.2) is 37.4 Å². The van der Waals surface area contributed by atoms with Crippen molar-refractivity contribution in [3.63, 3.8) is 0 Å². The largest absolute Gasteiger partial charge is 0.437 e. The SMILES string of the molecule is [2H]C(C)(C)c1ccc2c(n1)oc1c(-c3c(-c4ccc(C5CCCC5)cc4)ccc[n+]3C)c(C)ccc12.[2H]C([2H])([2H])C(C)(c1ccc2c(n1)oc1c(-c3cc(-c4ccc(F)cc4)cc[n+]3C)c(C)ccc12)C([2H])([2H])[2H].[2H]C([2H])([2H])C(C)(c1ccc2c(n1)oc1c(-c3ccc(-c4ccc(F)cc4)c[n+]3C)c(C)ccc12)C([2H])([2H])[2H]. The van der Waals surface area contributed by atoms with Crippen molar-refractivity contribution >= 4 is 66.2 Å². The molecule has 0 amide bonds. The molecular weight excluding hydrogens is 1230 g/mol. The third kappa shape index (κ3) is 12.7. The minimum Gasteiger partial charge on any atom is -0.437 e. The standard InChI is InChI=1S/C32H33N2O.2C28H26FN2O/c1-20(2)28-18-17-27-26-16-11-21(3)29(31(26)35-32(27)33-28)30-25(10-7-19-34(30)4)24-14-12-23(13-15-24)22-8-5-6-9-22;1-17-6-12-21-22-13-15-24(28(2,3)4)30-27(22)32-26(21)25(17)23-14-9-19(16-31(23)5)18-7-10-20(29)11-8-18;1-17-6-11-21-22-12-13-24(28(2,3)4)30-27(22)32-26(21)25(17)23-16-19(14-15-31(23)5)18-7-9-20(29)10-8-18/h7,10-20,22H,5-6,8-9H2,1-4H3;2*6-16H,1-5H3/q3*+1/i20D;2*2D3,3D3. The molecule has 16 rings (SSSR count). The summed E-state index contributed by atoms with van der Waals surface area (Å²) in [6.45, 7) is 0.917. The van der Waals surface area contributed by atoms with Crippen molar-refractivity contribution in [3.8, 4) is 67.2 Å². The first-order valence-corrected chi connectivity index (χ1v) is 33.4. The molecule has 1 saturated carbocycles. The van der Waals surface area contributed by atoms with Gasteiger partial charge in [0, 0.05) is 108 Å². The number of furan rings is 3. The zero-order valence-electron chi connectivity index (χ0n) is 70.1. The average molecular weight is 1330 g/mol. The van der Waals surface area contributed by atoms with Gasteiger partial charge in [-0.3, -0.25) is 0 Å². The predicted octanol–water partition coefficient (Wildman–Crippen LogP) is 22.0. The summed E-state index contributed by atoms with van der Waals surface area (Å²) in [5.41, 5.74) is 15.2. The zero-order valence-corrected chi connectivity index (χ0v) is 57.1. The van der Waals surface area contributed by atoms with Crippen LogP contribution in [-0.4, -0.2) is 15.0 Å². The number of pyridine rings is 6. The number of aryl methyl sites for hydroxylation is 6. The highest BCUT2D eigenvalue weighted by Gasteiger charge is 2.29. The highest BCUT2D eigenvalue weighted by atomic mass is 19.1. The lowest BCUT2D eigenvalue weighted by atomic mass is 9.91. The van der Waals surface area contributed by atoms with Gasteiger partial charge in [-0.2, -0.15) is 0 Å². The molecule has 1 aliphatic carbocycles. The van der Waals surface area contributed by atoms with Gasteiger partial charge in [0.25, 0.3) is 0 Å². The molecule has 0 saturated heterocycles. The van der Waals surface area contributed by atoms with Crippen molar-refractivity contribution in [3.05, 3.63) is 252 Å². The number of benzene rings is 6. The number of aromatic nitrogens is 6. The first kappa shape index (κ1) is 51.7. The van der Waals surface area contributed by atoms with Crippen molar-refractivity contribution in [1.82, 2.24) is 15.0 Å². The number of fused-ring (bicyclic) bond motifs is 9. The topological polar surface area (TPSA) is 89.7 Å². The lowest BCUT2D eigenvalue weighted by Crippen LogP contribution is -2.31. The van der Waals surface area contributed by atoms with Crippen molar-refractivity contribution in [2.75, 3.05) is 0 Å². The van der Waals surface area contributed by atoms with E-state index in [0.717, 1.165) is 99.8 Å². The molecule has 0 bridgehead atoms. The van der Waals surface area contributed by atoms with Gasteiger partial charge in [0.15, 0.2) is 35.3 Å². The van der Waals surface area contributed by atoms with Crippen LogP contribution in [0.2, 0.25) is 0 Å². The van der Waals surface area contributed by atoms with Crippen LogP contribution in [0.1, 0.15) is 150 Å². The Hall–Kier alpha value is -10.5. The molecule has 0 atom stereocenters.